The molecule has 0 spiro atoms. The Hall–Kier alpha value is -0.920. The largest absolute Gasteiger partial charge is 0.356 e. The van der Waals surface area contributed by atoms with E-state index in [1.165, 1.54) is 18.2 Å². The summed E-state index contributed by atoms with van der Waals surface area (Å²) in [5, 5.41) is 6.46. The first kappa shape index (κ1) is 17.4. The van der Waals surface area contributed by atoms with E-state index in [0.717, 1.165) is 51.2 Å². The summed E-state index contributed by atoms with van der Waals surface area (Å²) < 4.78 is 28.4. The van der Waals surface area contributed by atoms with Crippen molar-refractivity contribution in [1.29, 1.82) is 0 Å². The molecule has 2 aliphatic rings. The fourth-order valence-electron chi connectivity index (χ4n) is 3.48. The van der Waals surface area contributed by atoms with E-state index in [9.17, 15) is 8.78 Å². The maximum atomic E-state index is 14.2. The second-order valence-electron chi connectivity index (χ2n) is 5.95. The quantitative estimate of drug-likeness (QED) is 0.735. The second-order valence-corrected chi connectivity index (χ2v) is 5.95. The van der Waals surface area contributed by atoms with Crippen LogP contribution < -0.4 is 10.6 Å². The first-order valence-corrected chi connectivity index (χ1v) is 7.68. The lowest BCUT2D eigenvalue weighted by atomic mass is 9.78. The predicted octanol–water partition coefficient (Wildman–Crippen LogP) is 3.33. The second kappa shape index (κ2) is 7.57. The van der Waals surface area contributed by atoms with Crippen molar-refractivity contribution in [1.82, 2.24) is 10.6 Å². The van der Waals surface area contributed by atoms with Crippen LogP contribution in [0.1, 0.15) is 37.7 Å². The van der Waals surface area contributed by atoms with Crippen LogP contribution in [0.5, 0.6) is 0 Å². The van der Waals surface area contributed by atoms with Crippen molar-refractivity contribution in [3.8, 4) is 0 Å². The highest BCUT2D eigenvalue weighted by Gasteiger charge is 2.40. The summed E-state index contributed by atoms with van der Waals surface area (Å²) in [6.07, 6.45) is 4.67. The van der Waals surface area contributed by atoms with Gasteiger partial charge < -0.3 is 10.6 Å². The molecule has 0 unspecified atom stereocenters. The fraction of sp³-hybridized carbons (Fsp3) is 0.562. The van der Waals surface area contributed by atoms with Gasteiger partial charge in [-0.15, -0.1) is 24.0 Å². The monoisotopic (exact) mass is 421 g/mol. The van der Waals surface area contributed by atoms with Gasteiger partial charge in [-0.2, -0.15) is 0 Å². The summed E-state index contributed by atoms with van der Waals surface area (Å²) in [6, 6.07) is 4.14. The molecule has 1 heterocycles. The first-order valence-electron chi connectivity index (χ1n) is 7.68. The Bertz CT molecular complexity index is 522. The van der Waals surface area contributed by atoms with E-state index in [1.54, 1.807) is 0 Å². The third-order valence-electron chi connectivity index (χ3n) is 4.55. The molecular weight excluding hydrogens is 399 g/mol. The maximum Gasteiger partial charge on any atom is 0.191 e. The first-order chi connectivity index (χ1) is 10.2. The average molecular weight is 421 g/mol. The summed E-state index contributed by atoms with van der Waals surface area (Å²) in [6.45, 7) is 2.22. The van der Waals surface area contributed by atoms with Crippen LogP contribution in [-0.2, 0) is 5.41 Å². The van der Waals surface area contributed by atoms with Gasteiger partial charge in [-0.25, -0.2) is 8.78 Å². The van der Waals surface area contributed by atoms with Gasteiger partial charge in [0, 0.05) is 30.6 Å². The van der Waals surface area contributed by atoms with Gasteiger partial charge in [0.05, 0.1) is 0 Å². The summed E-state index contributed by atoms with van der Waals surface area (Å²) in [5.41, 5.74) is -0.219. The predicted molar refractivity (Wildman–Crippen MR) is 94.8 cm³/mol. The van der Waals surface area contributed by atoms with Gasteiger partial charge in [0.2, 0.25) is 0 Å². The van der Waals surface area contributed by atoms with E-state index in [0.29, 0.717) is 6.54 Å². The molecule has 1 aromatic carbocycles. The lowest BCUT2D eigenvalue weighted by Crippen LogP contribution is -2.47. The number of hydrogen-bond acceptors (Lipinski definition) is 3. The van der Waals surface area contributed by atoms with Crippen LogP contribution in [0.2, 0.25) is 0 Å². The molecule has 1 aliphatic heterocycles. The minimum Gasteiger partial charge on any atom is -0.356 e. The van der Waals surface area contributed by atoms with Gasteiger partial charge in [0.25, 0.3) is 0 Å². The molecule has 122 valence electrons. The Morgan fingerprint density at radius 3 is 2.41 bits per heavy atom. The molecule has 1 aliphatic carbocycles. The highest BCUT2D eigenvalue weighted by molar-refractivity contribution is 14.0. The standard InChI is InChI=1S/C16H21F2N3.HI/c17-12-5-3-6-13(18)14(12)16(7-1-2-8-16)11-21-15-19-9-4-10-20-15;/h3,5-6H,1-2,4,7-11H2,(H2,19,20,21);1H. The zero-order chi connectivity index (χ0) is 14.7. The Morgan fingerprint density at radius 2 is 1.82 bits per heavy atom. The van der Waals surface area contributed by atoms with Crippen LogP contribution in [0.3, 0.4) is 0 Å². The topological polar surface area (TPSA) is 36.4 Å². The van der Waals surface area contributed by atoms with Crippen LogP contribution in [0, 0.1) is 11.6 Å². The molecule has 3 nitrogen and oxygen atoms in total. The van der Waals surface area contributed by atoms with Crippen molar-refractivity contribution in [3.05, 3.63) is 35.4 Å². The van der Waals surface area contributed by atoms with E-state index in [-0.39, 0.29) is 29.5 Å². The third kappa shape index (κ3) is 3.52. The molecule has 22 heavy (non-hydrogen) atoms. The van der Waals surface area contributed by atoms with Crippen LogP contribution in [0.25, 0.3) is 0 Å². The zero-order valence-corrected chi connectivity index (χ0v) is 14.8. The maximum absolute atomic E-state index is 14.2. The molecule has 0 saturated heterocycles. The van der Waals surface area contributed by atoms with Crippen LogP contribution in [0.15, 0.2) is 23.2 Å². The molecule has 1 fully saturated rings. The van der Waals surface area contributed by atoms with Gasteiger partial charge in [0.15, 0.2) is 5.96 Å². The number of benzene rings is 1. The normalized spacial score (nSPS) is 19.8. The van der Waals surface area contributed by atoms with Crippen molar-refractivity contribution in [2.45, 2.75) is 37.5 Å². The zero-order valence-electron chi connectivity index (χ0n) is 12.5. The minimum atomic E-state index is -0.461. The number of rotatable bonds is 3. The molecular formula is C16H22F2IN3. The van der Waals surface area contributed by atoms with E-state index >= 15 is 0 Å². The number of halogens is 3. The Labute approximate surface area is 147 Å². The summed E-state index contributed by atoms with van der Waals surface area (Å²) in [7, 11) is 0. The van der Waals surface area contributed by atoms with Crippen LogP contribution in [-0.4, -0.2) is 25.6 Å². The van der Waals surface area contributed by atoms with E-state index in [2.05, 4.69) is 15.6 Å². The lowest BCUT2D eigenvalue weighted by Gasteiger charge is -2.31. The molecule has 0 radical (unpaired) electrons. The van der Waals surface area contributed by atoms with Crippen molar-refractivity contribution in [3.63, 3.8) is 0 Å². The van der Waals surface area contributed by atoms with Crippen molar-refractivity contribution < 1.29 is 8.78 Å². The van der Waals surface area contributed by atoms with E-state index in [4.69, 9.17) is 0 Å². The summed E-state index contributed by atoms with van der Waals surface area (Å²) in [5.74, 6) is -0.112. The third-order valence-corrected chi connectivity index (χ3v) is 4.55. The summed E-state index contributed by atoms with van der Waals surface area (Å²) >= 11 is 0. The van der Waals surface area contributed by atoms with Gasteiger partial charge in [-0.05, 0) is 31.4 Å². The molecule has 0 amide bonds. The molecule has 1 aromatic rings. The molecule has 3 rings (SSSR count). The van der Waals surface area contributed by atoms with E-state index in [1.807, 2.05) is 0 Å². The van der Waals surface area contributed by atoms with Crippen molar-refractivity contribution >= 4 is 29.9 Å². The van der Waals surface area contributed by atoms with Crippen molar-refractivity contribution in [2.24, 2.45) is 4.99 Å². The Balaban J connectivity index is 0.00000176. The SMILES string of the molecule is Fc1cccc(F)c1C1(CNC2=NCCCN2)CCCC1.I. The fourth-order valence-corrected chi connectivity index (χ4v) is 3.48. The molecule has 6 heteroatoms. The van der Waals surface area contributed by atoms with Crippen LogP contribution in [0.4, 0.5) is 8.78 Å². The highest BCUT2D eigenvalue weighted by Crippen LogP contribution is 2.42. The van der Waals surface area contributed by atoms with Gasteiger partial charge in [-0.3, -0.25) is 4.99 Å². The minimum absolute atomic E-state index is 0. The number of nitrogens with one attached hydrogen (secondary N) is 2. The number of hydrogen-bond donors (Lipinski definition) is 2. The smallest absolute Gasteiger partial charge is 0.191 e. The Morgan fingerprint density at radius 1 is 1.14 bits per heavy atom. The van der Waals surface area contributed by atoms with Gasteiger partial charge in [0.1, 0.15) is 11.6 Å². The summed E-state index contributed by atoms with van der Waals surface area (Å²) in [4.78, 5) is 4.37. The molecule has 1 saturated carbocycles. The molecule has 0 aromatic heterocycles. The highest BCUT2D eigenvalue weighted by atomic mass is 127. The number of aliphatic imine (C=N–C) groups is 1. The number of nitrogens with zero attached hydrogens (tertiary/aromatic N) is 1. The Kier molecular flexibility index (Phi) is 6.00. The van der Waals surface area contributed by atoms with Gasteiger partial charge in [-0.1, -0.05) is 18.9 Å². The van der Waals surface area contributed by atoms with Gasteiger partial charge >= 0.3 is 0 Å². The molecule has 0 atom stereocenters. The molecule has 2 N–H and O–H groups in total. The van der Waals surface area contributed by atoms with E-state index < -0.39 is 17.0 Å². The van der Waals surface area contributed by atoms with Crippen molar-refractivity contribution in [2.75, 3.05) is 19.6 Å². The lowest BCUT2D eigenvalue weighted by molar-refractivity contribution is 0.386. The molecule has 0 bridgehead atoms. The average Bonchev–Trinajstić information content (AvgIpc) is 2.96. The van der Waals surface area contributed by atoms with Crippen LogP contribution >= 0.6 is 24.0 Å². The number of guanidine groups is 1.